The minimum absolute atomic E-state index is 0. The molecule has 1 fully saturated rings. The lowest BCUT2D eigenvalue weighted by Crippen LogP contribution is -2.35. The van der Waals surface area contributed by atoms with Crippen LogP contribution in [0.2, 0.25) is 0 Å². The molecule has 124 valence electrons. The van der Waals surface area contributed by atoms with Gasteiger partial charge in [0.2, 0.25) is 5.91 Å². The second kappa shape index (κ2) is 8.54. The molecule has 0 aromatic heterocycles. The van der Waals surface area contributed by atoms with Crippen molar-refractivity contribution in [3.8, 4) is 0 Å². The van der Waals surface area contributed by atoms with Crippen LogP contribution >= 0.6 is 12.4 Å². The van der Waals surface area contributed by atoms with Crippen molar-refractivity contribution in [3.05, 3.63) is 29.3 Å². The van der Waals surface area contributed by atoms with E-state index in [1.165, 1.54) is 11.1 Å². The van der Waals surface area contributed by atoms with E-state index in [-0.39, 0.29) is 24.2 Å². The summed E-state index contributed by atoms with van der Waals surface area (Å²) in [5, 5.41) is 6.56. The van der Waals surface area contributed by atoms with Gasteiger partial charge in [0.25, 0.3) is 0 Å². The van der Waals surface area contributed by atoms with Gasteiger partial charge in [-0.3, -0.25) is 4.79 Å². The zero-order valence-electron chi connectivity index (χ0n) is 14.1. The normalized spacial score (nSPS) is 15.7. The van der Waals surface area contributed by atoms with Gasteiger partial charge in [-0.25, -0.2) is 0 Å². The van der Waals surface area contributed by atoms with Crippen LogP contribution in [0, 0.1) is 5.92 Å². The summed E-state index contributed by atoms with van der Waals surface area (Å²) in [5.74, 6) is 1.15. The first kappa shape index (κ1) is 19.0. The van der Waals surface area contributed by atoms with E-state index in [0.29, 0.717) is 11.8 Å². The number of piperidine rings is 1. The summed E-state index contributed by atoms with van der Waals surface area (Å²) in [5.41, 5.74) is 3.53. The molecule has 0 saturated carbocycles. The summed E-state index contributed by atoms with van der Waals surface area (Å²) >= 11 is 0. The lowest BCUT2D eigenvalue weighted by molar-refractivity contribution is -0.120. The van der Waals surface area contributed by atoms with Gasteiger partial charge in [-0.05, 0) is 48.9 Å². The molecule has 1 saturated heterocycles. The van der Waals surface area contributed by atoms with Crippen molar-refractivity contribution in [3.63, 3.8) is 0 Å². The van der Waals surface area contributed by atoms with Crippen molar-refractivity contribution < 1.29 is 4.79 Å². The van der Waals surface area contributed by atoms with Crippen LogP contribution in [0.15, 0.2) is 18.2 Å². The number of anilines is 1. The molecule has 22 heavy (non-hydrogen) atoms. The molecular formula is C18H29ClN2O. The van der Waals surface area contributed by atoms with E-state index in [1.54, 1.807) is 0 Å². The lowest BCUT2D eigenvalue weighted by atomic mass is 9.91. The highest BCUT2D eigenvalue weighted by molar-refractivity contribution is 5.94. The highest BCUT2D eigenvalue weighted by Gasteiger charge is 2.23. The second-order valence-electron chi connectivity index (χ2n) is 6.63. The number of nitrogens with one attached hydrogen (secondary N) is 2. The Morgan fingerprint density at radius 1 is 1.09 bits per heavy atom. The van der Waals surface area contributed by atoms with Crippen molar-refractivity contribution in [1.82, 2.24) is 5.32 Å². The third-order valence-electron chi connectivity index (χ3n) is 4.33. The fourth-order valence-corrected chi connectivity index (χ4v) is 3.00. The van der Waals surface area contributed by atoms with Crippen LogP contribution < -0.4 is 10.6 Å². The molecule has 1 amide bonds. The average Bonchev–Trinajstić information content (AvgIpc) is 2.47. The molecule has 0 spiro atoms. The van der Waals surface area contributed by atoms with Gasteiger partial charge in [0.1, 0.15) is 0 Å². The van der Waals surface area contributed by atoms with E-state index in [1.807, 2.05) is 0 Å². The topological polar surface area (TPSA) is 41.1 Å². The van der Waals surface area contributed by atoms with E-state index >= 15 is 0 Å². The maximum Gasteiger partial charge on any atom is 0.227 e. The molecule has 0 aliphatic carbocycles. The Hall–Kier alpha value is -1.06. The van der Waals surface area contributed by atoms with Crippen molar-refractivity contribution >= 4 is 24.0 Å². The molecule has 0 bridgehead atoms. The molecule has 0 atom stereocenters. The molecule has 2 rings (SSSR count). The Balaban J connectivity index is 0.00000242. The van der Waals surface area contributed by atoms with Crippen LogP contribution in [0.25, 0.3) is 0 Å². The predicted octanol–water partition coefficient (Wildman–Crippen LogP) is 4.29. The van der Waals surface area contributed by atoms with Gasteiger partial charge in [-0.2, -0.15) is 0 Å². The van der Waals surface area contributed by atoms with Gasteiger partial charge in [0.05, 0.1) is 0 Å². The fraction of sp³-hybridized carbons (Fsp3) is 0.611. The number of carbonyl (C=O) groups is 1. The zero-order valence-corrected chi connectivity index (χ0v) is 14.9. The summed E-state index contributed by atoms with van der Waals surface area (Å²) in [4.78, 5) is 12.6. The first-order chi connectivity index (χ1) is 10.0. The summed E-state index contributed by atoms with van der Waals surface area (Å²) in [6.07, 6.45) is 1.87. The number of hydrogen-bond acceptors (Lipinski definition) is 2. The average molecular weight is 325 g/mol. The van der Waals surface area contributed by atoms with E-state index in [0.717, 1.165) is 31.6 Å². The van der Waals surface area contributed by atoms with Crippen LogP contribution in [-0.4, -0.2) is 19.0 Å². The van der Waals surface area contributed by atoms with Gasteiger partial charge in [0, 0.05) is 11.6 Å². The minimum Gasteiger partial charge on any atom is -0.325 e. The quantitative estimate of drug-likeness (QED) is 0.867. The summed E-state index contributed by atoms with van der Waals surface area (Å²) in [7, 11) is 0. The van der Waals surface area contributed by atoms with E-state index in [9.17, 15) is 4.79 Å². The summed E-state index contributed by atoms with van der Waals surface area (Å²) in [6.45, 7) is 10.6. The van der Waals surface area contributed by atoms with Crippen LogP contribution in [0.3, 0.4) is 0 Å². The highest BCUT2D eigenvalue weighted by Crippen LogP contribution is 2.33. The molecule has 1 heterocycles. The van der Waals surface area contributed by atoms with Crippen LogP contribution in [-0.2, 0) is 4.79 Å². The lowest BCUT2D eigenvalue weighted by Gasteiger charge is -2.25. The van der Waals surface area contributed by atoms with E-state index in [4.69, 9.17) is 0 Å². The number of benzene rings is 1. The number of hydrogen-bond donors (Lipinski definition) is 2. The van der Waals surface area contributed by atoms with Crippen molar-refractivity contribution in [2.24, 2.45) is 5.92 Å². The van der Waals surface area contributed by atoms with Crippen molar-refractivity contribution in [2.75, 3.05) is 18.4 Å². The second-order valence-corrected chi connectivity index (χ2v) is 6.63. The Labute approximate surface area is 140 Å². The van der Waals surface area contributed by atoms with Crippen LogP contribution in [0.4, 0.5) is 5.69 Å². The van der Waals surface area contributed by atoms with Crippen LogP contribution in [0.1, 0.15) is 63.5 Å². The molecule has 0 radical (unpaired) electrons. The number of rotatable bonds is 4. The molecule has 4 heteroatoms. The monoisotopic (exact) mass is 324 g/mol. The first-order valence-corrected chi connectivity index (χ1v) is 8.15. The Morgan fingerprint density at radius 2 is 1.59 bits per heavy atom. The molecule has 3 nitrogen and oxygen atoms in total. The molecule has 1 aromatic rings. The predicted molar refractivity (Wildman–Crippen MR) is 96.1 cm³/mol. The number of carbonyl (C=O) groups excluding carboxylic acids is 1. The van der Waals surface area contributed by atoms with E-state index < -0.39 is 0 Å². The third-order valence-corrected chi connectivity index (χ3v) is 4.33. The smallest absolute Gasteiger partial charge is 0.227 e. The summed E-state index contributed by atoms with van der Waals surface area (Å²) < 4.78 is 0. The molecule has 0 unspecified atom stereocenters. The van der Waals surface area contributed by atoms with Gasteiger partial charge in [0.15, 0.2) is 0 Å². The fourth-order valence-electron chi connectivity index (χ4n) is 3.00. The molecular weight excluding hydrogens is 296 g/mol. The van der Waals surface area contributed by atoms with Gasteiger partial charge in [-0.15, -0.1) is 12.4 Å². The Bertz CT molecular complexity index is 468. The molecule has 2 N–H and O–H groups in total. The summed E-state index contributed by atoms with van der Waals surface area (Å²) in [6, 6.07) is 6.37. The van der Waals surface area contributed by atoms with Crippen LogP contribution in [0.5, 0.6) is 0 Å². The maximum atomic E-state index is 12.6. The largest absolute Gasteiger partial charge is 0.325 e. The van der Waals surface area contributed by atoms with Gasteiger partial charge < -0.3 is 10.6 Å². The zero-order chi connectivity index (χ0) is 15.4. The Morgan fingerprint density at radius 3 is 2.05 bits per heavy atom. The Kier molecular flexibility index (Phi) is 7.37. The number of halogens is 1. The molecule has 1 aromatic carbocycles. The highest BCUT2D eigenvalue weighted by atomic mass is 35.5. The SMILES string of the molecule is CC(C)c1cccc(C(C)C)c1NC(=O)C1CCNCC1.Cl. The van der Waals surface area contributed by atoms with Gasteiger partial charge >= 0.3 is 0 Å². The van der Waals surface area contributed by atoms with E-state index in [2.05, 4.69) is 56.5 Å². The van der Waals surface area contributed by atoms with Crippen molar-refractivity contribution in [2.45, 2.75) is 52.4 Å². The van der Waals surface area contributed by atoms with Gasteiger partial charge in [-0.1, -0.05) is 45.9 Å². The maximum absolute atomic E-state index is 12.6. The molecule has 1 aliphatic heterocycles. The number of amides is 1. The first-order valence-electron chi connectivity index (χ1n) is 8.15. The number of para-hydroxylation sites is 1. The molecule has 1 aliphatic rings. The third kappa shape index (κ3) is 4.47. The standard InChI is InChI=1S/C18H28N2O.ClH/c1-12(2)15-6-5-7-16(13(3)4)17(15)20-18(21)14-8-10-19-11-9-14;/h5-7,12-14,19H,8-11H2,1-4H3,(H,20,21);1H. The minimum atomic E-state index is 0. The van der Waals surface area contributed by atoms with Crippen molar-refractivity contribution in [1.29, 1.82) is 0 Å².